The summed E-state index contributed by atoms with van der Waals surface area (Å²) in [6.07, 6.45) is 22.9. The topological polar surface area (TPSA) is 522 Å². The lowest BCUT2D eigenvalue weighted by atomic mass is 9.85. The highest BCUT2D eigenvalue weighted by Gasteiger charge is 2.68. The fraction of sp³-hybridized carbons (Fsp3) is 0.816. The zero-order valence-corrected chi connectivity index (χ0v) is 94.0. The number of amides is 15. The van der Waals surface area contributed by atoms with Gasteiger partial charge in [0.25, 0.3) is 17.7 Å². The molecule has 39 nitrogen and oxygen atoms in total. The Morgan fingerprint density at radius 3 is 0.821 bits per heavy atom. The predicted molar refractivity (Wildman–Crippen MR) is 555 cm³/mol. The maximum atomic E-state index is 14.6. The van der Waals surface area contributed by atoms with E-state index in [4.69, 9.17) is 0 Å². The first-order valence-electron chi connectivity index (χ1n) is 52.2. The van der Waals surface area contributed by atoms with Crippen molar-refractivity contribution < 1.29 is 97.2 Å². The highest BCUT2D eigenvalue weighted by atomic mass is 32.2. The number of hydrogen-bond donors (Lipinski definition) is 12. The van der Waals surface area contributed by atoms with Crippen molar-refractivity contribution in [2.75, 3.05) is 92.3 Å². The Labute approximate surface area is 862 Å². The van der Waals surface area contributed by atoms with Gasteiger partial charge in [0.2, 0.25) is 82.9 Å². The van der Waals surface area contributed by atoms with Gasteiger partial charge in [-0.25, -0.2) is 52.6 Å². The normalized spacial score (nSPS) is 24.0. The van der Waals surface area contributed by atoms with E-state index in [1.807, 2.05) is 145 Å². The highest BCUT2D eigenvalue weighted by Crippen LogP contribution is 2.69. The van der Waals surface area contributed by atoms with Gasteiger partial charge in [-0.1, -0.05) is 183 Å². The summed E-state index contributed by atoms with van der Waals surface area (Å²) in [6.45, 7) is 47.9. The van der Waals surface area contributed by atoms with Crippen LogP contribution in [-0.4, -0.2) is 312 Å². The molecular weight excluding hydrogens is 1920 g/mol. The van der Waals surface area contributed by atoms with Crippen LogP contribution in [0.4, 0.5) is 14.4 Å². The summed E-state index contributed by atoms with van der Waals surface area (Å²) in [7, 11) is -6.15. The van der Waals surface area contributed by atoms with E-state index in [1.165, 1.54) is 46.2 Å². The molecule has 145 heavy (non-hydrogen) atoms. The monoisotopic (exact) mass is 2100 g/mol. The van der Waals surface area contributed by atoms with Crippen LogP contribution in [0, 0.1) is 84.2 Å². The van der Waals surface area contributed by atoms with Crippen molar-refractivity contribution in [2.24, 2.45) is 84.2 Å². The number of sulfonamides is 3. The van der Waals surface area contributed by atoms with Crippen molar-refractivity contribution in [3.8, 4) is 0 Å². The quantitative estimate of drug-likeness (QED) is 0.0218. The summed E-state index contributed by atoms with van der Waals surface area (Å²) >= 11 is 0. The van der Waals surface area contributed by atoms with Crippen LogP contribution >= 0.6 is 0 Å². The number of unbranched alkanes of at least 4 members (excludes halogenated alkanes) is 1. The molecule has 18 atom stereocenters. The molecule has 10 fully saturated rings. The number of nitrogens with zero attached hydrogens (tertiary/aromatic N) is 6. The van der Waals surface area contributed by atoms with Crippen LogP contribution in [-0.2, 0) is 87.6 Å². The number of carbonyl (C=O) groups excluding carboxylic acids is 15. The first-order chi connectivity index (χ1) is 66.7. The number of nitrogens with one attached hydrogen (secondary N) is 12. The van der Waals surface area contributed by atoms with Crippen LogP contribution in [0.5, 0.6) is 0 Å². The van der Waals surface area contributed by atoms with Gasteiger partial charge in [-0.05, 0) is 193 Å². The molecular formula is C103H176N18O21S3. The maximum Gasteiger partial charge on any atom is 0.315 e. The summed E-state index contributed by atoms with van der Waals surface area (Å²) in [5.41, 5.74) is -3.46. The van der Waals surface area contributed by atoms with Gasteiger partial charge in [0.1, 0.15) is 36.3 Å². The Bertz CT molecular complexity index is 5110. The fourth-order valence-electron chi connectivity index (χ4n) is 22.0. The number of ketones is 3. The van der Waals surface area contributed by atoms with E-state index in [1.54, 1.807) is 14.7 Å². The van der Waals surface area contributed by atoms with E-state index in [0.717, 1.165) is 115 Å². The van der Waals surface area contributed by atoms with Gasteiger partial charge in [-0.3, -0.25) is 57.5 Å². The Balaban J connectivity index is 0.000000266. The first kappa shape index (κ1) is 121. The minimum Gasteiger partial charge on any atom is -0.347 e. The van der Waals surface area contributed by atoms with Crippen LogP contribution in [0.2, 0.25) is 0 Å². The summed E-state index contributed by atoms with van der Waals surface area (Å²) in [6, 6.07) is -12.2. The SMILES string of the molecule is C=CCNC(=O)C(=O)C(CCC)NC(=O)[C@@H]1[C@H]2CCC3(CC3)[C@H]2CN1C(=O)[C@@H](NC(=O)N[C@H](CN(C)S(C)(=O)=O)C(C)(C)C)C(C)(C)C.C=CCNC(=O)C(=O)C(CCCC)NC(=O)[C@@H]1[C@H]2CCC3(CC3)[C@H]2CN1C(=O)[C@@H](NC(=O)N[C@H](CN(C)S(C)(=O)=O)C(C)(C)C)C(C)(C)C.CCCC(NC(=O)[C@@H]1[C@H]2CCC3(CC3)[C@H]2CN1C(=O)[C@@H](NC(=O)N[C@H](CN(C)S(C)(=O)=O)C(C)(C)C)C(C)(C)C)C(=O)C(=O)NC1CC1. The molecule has 3 spiro atoms. The summed E-state index contributed by atoms with van der Waals surface area (Å²) in [4.78, 5) is 209. The van der Waals surface area contributed by atoms with E-state index in [2.05, 4.69) is 77.0 Å². The van der Waals surface area contributed by atoms with E-state index in [9.17, 15) is 97.2 Å². The lowest BCUT2D eigenvalue weighted by Crippen LogP contribution is -2.62. The molecule has 3 unspecified atom stereocenters. The van der Waals surface area contributed by atoms with Crippen molar-refractivity contribution >= 4 is 119 Å². The molecule has 10 rings (SSSR count). The standard InChI is InChI=1S/C35H60N6O7S.2C34H58N6O7S/c1-11-13-14-24(27(42)30(44)36-19-12-2)37-29(43)26-22-15-16-35(17-18-35)23(22)20-41(26)31(45)28(34(6,7)8)39-32(46)38-25(33(3,4)5)21-40(9)49(10,47)48;1-10-11-23(26(41)29(43)35-20-12-13-20)36-28(42)25-21-14-15-34(16-17-34)22(21)18-40(25)30(44)27(33(5,6)7)38-31(45)37-24(32(2,3)4)19-39(8)48(9,46)47;1-11-13-23(26(41)29(43)35-18-12-2)36-28(42)25-21-14-15-34(16-17-34)22(21)19-40(25)30(44)27(33(6,7)8)38-31(45)37-24(32(3,4)5)20-39(9)48(10,46)47/h12,22-26,28H,2,11,13-21H2,1,3-10H3,(H,36,44)(H,37,43)(H2,38,39,46);20-25,27H,10-19H2,1-9H3,(H,35,43)(H,36,42)(H2,37,38,45);12,21-25,27H,2,11,13-20H2,1,3-10H3,(H,35,43)(H,36,42)(H2,37,38,45)/t22-,23-,24?,25+,26-,28+;2*21-,22-,23?,24+,25-,27+/m000/s1. The number of fused-ring (bicyclic) bond motifs is 6. The van der Waals surface area contributed by atoms with Gasteiger partial charge < -0.3 is 78.5 Å². The van der Waals surface area contributed by atoms with E-state index in [-0.39, 0.29) is 109 Å². The zero-order valence-electron chi connectivity index (χ0n) is 91.5. The zero-order chi connectivity index (χ0) is 109. The third kappa shape index (κ3) is 31.2. The maximum absolute atomic E-state index is 14.6. The number of urea groups is 3. The number of hydrogen-bond acceptors (Lipinski definition) is 21. The van der Waals surface area contributed by atoms with E-state index < -0.39 is 218 Å². The third-order valence-corrected chi connectivity index (χ3v) is 35.9. The molecule has 42 heteroatoms. The second-order valence-corrected chi connectivity index (χ2v) is 56.0. The first-order valence-corrected chi connectivity index (χ1v) is 57.8. The number of likely N-dealkylation sites (tertiary alicyclic amines) is 3. The second-order valence-electron chi connectivity index (χ2n) is 49.7. The van der Waals surface area contributed by atoms with Gasteiger partial charge in [0.05, 0.1) is 36.9 Å². The molecule has 822 valence electrons. The molecule has 10 aliphatic rings. The molecule has 7 saturated carbocycles. The number of Topliss-reactive ketones (excluding diaryl/α,β-unsaturated/α-hetero) is 3. The largest absolute Gasteiger partial charge is 0.347 e. The van der Waals surface area contributed by atoms with Crippen molar-refractivity contribution in [1.82, 2.24) is 91.4 Å². The predicted octanol–water partition coefficient (Wildman–Crippen LogP) is 6.91. The molecule has 3 aliphatic heterocycles. The second kappa shape index (κ2) is 47.6. The van der Waals surface area contributed by atoms with Crippen molar-refractivity contribution in [1.29, 1.82) is 0 Å². The average molecular weight is 2100 g/mol. The average Bonchev–Trinajstić information content (AvgIpc) is 1.56. The van der Waals surface area contributed by atoms with Crippen LogP contribution in [0.25, 0.3) is 0 Å². The van der Waals surface area contributed by atoms with Crippen LogP contribution < -0.4 is 63.8 Å². The van der Waals surface area contributed by atoms with Crippen molar-refractivity contribution in [2.45, 2.75) is 359 Å². The molecule has 7 aliphatic carbocycles. The molecule has 0 aromatic rings. The van der Waals surface area contributed by atoms with Gasteiger partial charge in [0.15, 0.2) is 0 Å². The summed E-state index contributed by atoms with van der Waals surface area (Å²) in [5, 5.41) is 33.6. The molecule has 0 aromatic carbocycles. The van der Waals surface area contributed by atoms with Crippen LogP contribution in [0.3, 0.4) is 0 Å². The Kier molecular flexibility index (Phi) is 39.9. The van der Waals surface area contributed by atoms with Crippen LogP contribution in [0.15, 0.2) is 25.3 Å². The Morgan fingerprint density at radius 2 is 0.607 bits per heavy atom. The number of carbonyl (C=O) groups is 15. The molecule has 0 aromatic heterocycles. The number of likely N-dealkylation sites (N-methyl/N-ethyl adjacent to an activating group) is 3. The molecule has 0 bridgehead atoms. The van der Waals surface area contributed by atoms with Gasteiger partial charge >= 0.3 is 18.1 Å². The van der Waals surface area contributed by atoms with Crippen molar-refractivity contribution in [3.05, 3.63) is 25.3 Å². The Morgan fingerprint density at radius 1 is 0.352 bits per heavy atom. The minimum atomic E-state index is -3.50. The van der Waals surface area contributed by atoms with Crippen molar-refractivity contribution in [3.63, 3.8) is 0 Å². The molecule has 15 amide bonds. The van der Waals surface area contributed by atoms with E-state index in [0.29, 0.717) is 45.3 Å². The molecule has 3 heterocycles. The minimum absolute atomic E-state index is 0.00894. The summed E-state index contributed by atoms with van der Waals surface area (Å²) in [5.74, 6) is -6.87. The lowest BCUT2D eigenvalue weighted by molar-refractivity contribution is -0.144. The smallest absolute Gasteiger partial charge is 0.315 e. The summed E-state index contributed by atoms with van der Waals surface area (Å²) < 4.78 is 76.4. The van der Waals surface area contributed by atoms with Gasteiger partial charge in [-0.15, -0.1) is 13.2 Å². The lowest BCUT2D eigenvalue weighted by Gasteiger charge is -2.38. The van der Waals surface area contributed by atoms with Crippen LogP contribution in [0.1, 0.15) is 280 Å². The molecule has 3 saturated heterocycles. The number of rotatable bonds is 42. The molecule has 12 N–H and O–H groups in total. The third-order valence-electron chi connectivity index (χ3n) is 32.1. The fourth-order valence-corrected chi connectivity index (χ4v) is 23.2. The van der Waals surface area contributed by atoms with Gasteiger partial charge in [-0.2, -0.15) is 0 Å². The molecule has 0 radical (unpaired) electrons. The van der Waals surface area contributed by atoms with Gasteiger partial charge in [0, 0.05) is 97.7 Å². The highest BCUT2D eigenvalue weighted by molar-refractivity contribution is 7.88. The Hall–Kier alpha value is -8.74. The van der Waals surface area contributed by atoms with E-state index >= 15 is 0 Å².